The molecular formula is C18H21N. The van der Waals surface area contributed by atoms with Gasteiger partial charge in [-0.2, -0.15) is 0 Å². The van der Waals surface area contributed by atoms with Gasteiger partial charge in [0, 0.05) is 6.54 Å². The molecule has 0 amide bonds. The monoisotopic (exact) mass is 251 g/mol. The van der Waals surface area contributed by atoms with E-state index in [1.54, 1.807) is 0 Å². The summed E-state index contributed by atoms with van der Waals surface area (Å²) in [4.78, 5) is 0. The van der Waals surface area contributed by atoms with E-state index in [2.05, 4.69) is 54.7 Å². The van der Waals surface area contributed by atoms with Crippen LogP contribution in [0.3, 0.4) is 0 Å². The van der Waals surface area contributed by atoms with Crippen molar-refractivity contribution in [1.29, 1.82) is 0 Å². The minimum atomic E-state index is 0.990. The van der Waals surface area contributed by atoms with Gasteiger partial charge in [-0.05, 0) is 47.2 Å². The first-order valence-electron chi connectivity index (χ1n) is 7.29. The van der Waals surface area contributed by atoms with E-state index in [0.717, 1.165) is 19.5 Å². The van der Waals surface area contributed by atoms with Gasteiger partial charge >= 0.3 is 0 Å². The van der Waals surface area contributed by atoms with Crippen LogP contribution in [0.1, 0.15) is 36.5 Å². The summed E-state index contributed by atoms with van der Waals surface area (Å²) < 4.78 is 0. The molecule has 0 radical (unpaired) electrons. The Bertz CT molecular complexity index is 572. The third kappa shape index (κ3) is 2.57. The van der Waals surface area contributed by atoms with Crippen molar-refractivity contribution >= 4 is 0 Å². The summed E-state index contributed by atoms with van der Waals surface area (Å²) in [5.41, 5.74) is 7.20. The first-order valence-corrected chi connectivity index (χ1v) is 7.29. The van der Waals surface area contributed by atoms with E-state index < -0.39 is 0 Å². The van der Waals surface area contributed by atoms with Crippen LogP contribution in [0.2, 0.25) is 0 Å². The second-order valence-electron chi connectivity index (χ2n) is 5.36. The van der Waals surface area contributed by atoms with E-state index in [1.807, 2.05) is 0 Å². The number of fused-ring (bicyclic) bond motifs is 3. The van der Waals surface area contributed by atoms with Crippen molar-refractivity contribution in [3.8, 4) is 11.1 Å². The van der Waals surface area contributed by atoms with E-state index in [-0.39, 0.29) is 0 Å². The summed E-state index contributed by atoms with van der Waals surface area (Å²) in [6.45, 7) is 4.34. The molecule has 19 heavy (non-hydrogen) atoms. The first kappa shape index (κ1) is 12.4. The normalized spacial score (nSPS) is 12.3. The Labute approximate surface area is 115 Å². The molecule has 3 rings (SSSR count). The molecule has 0 fully saturated rings. The van der Waals surface area contributed by atoms with Gasteiger partial charge in [0.15, 0.2) is 0 Å². The molecule has 0 saturated heterocycles. The number of benzene rings is 2. The topological polar surface area (TPSA) is 12.0 Å². The number of hydrogen-bond donors (Lipinski definition) is 1. The summed E-state index contributed by atoms with van der Waals surface area (Å²) in [5.74, 6) is 0. The second-order valence-corrected chi connectivity index (χ2v) is 5.36. The van der Waals surface area contributed by atoms with Crippen molar-refractivity contribution in [1.82, 2.24) is 5.32 Å². The fourth-order valence-corrected chi connectivity index (χ4v) is 2.84. The molecule has 0 aromatic heterocycles. The smallest absolute Gasteiger partial charge is 0.0205 e. The lowest BCUT2D eigenvalue weighted by molar-refractivity contribution is 0.641. The molecular weight excluding hydrogens is 230 g/mol. The third-order valence-corrected chi connectivity index (χ3v) is 3.89. The number of nitrogens with one attached hydrogen (secondary N) is 1. The highest BCUT2D eigenvalue weighted by Gasteiger charge is 2.17. The van der Waals surface area contributed by atoms with Crippen LogP contribution in [0.4, 0.5) is 0 Å². The lowest BCUT2D eigenvalue weighted by atomic mass is 10.0. The predicted octanol–water partition coefficient (Wildman–Crippen LogP) is 4.15. The molecule has 0 aliphatic heterocycles. The standard InChI is InChI=1S/C18H21N/c1-2-3-10-19-13-14-8-9-18-16(11-14)12-15-6-4-5-7-17(15)18/h4-9,11,19H,2-3,10,12-13H2,1H3. The molecule has 0 bridgehead atoms. The van der Waals surface area contributed by atoms with Gasteiger partial charge in [0.2, 0.25) is 0 Å². The van der Waals surface area contributed by atoms with E-state index in [1.165, 1.54) is 40.7 Å². The van der Waals surface area contributed by atoms with Crippen molar-refractivity contribution in [3.05, 3.63) is 59.2 Å². The van der Waals surface area contributed by atoms with Crippen LogP contribution in [0, 0.1) is 0 Å². The number of unbranched alkanes of at least 4 members (excludes halogenated alkanes) is 1. The van der Waals surface area contributed by atoms with Gasteiger partial charge < -0.3 is 5.32 Å². The highest BCUT2D eigenvalue weighted by atomic mass is 14.8. The maximum Gasteiger partial charge on any atom is 0.0205 e. The zero-order chi connectivity index (χ0) is 13.1. The lowest BCUT2D eigenvalue weighted by Gasteiger charge is -2.07. The molecule has 1 N–H and O–H groups in total. The zero-order valence-electron chi connectivity index (χ0n) is 11.6. The molecule has 2 aromatic rings. The summed E-state index contributed by atoms with van der Waals surface area (Å²) >= 11 is 0. The predicted molar refractivity (Wildman–Crippen MR) is 81.3 cm³/mol. The summed E-state index contributed by atoms with van der Waals surface area (Å²) in [6.07, 6.45) is 3.61. The summed E-state index contributed by atoms with van der Waals surface area (Å²) in [7, 11) is 0. The lowest BCUT2D eigenvalue weighted by Crippen LogP contribution is -2.14. The Morgan fingerprint density at radius 2 is 1.84 bits per heavy atom. The molecule has 98 valence electrons. The fourth-order valence-electron chi connectivity index (χ4n) is 2.84. The van der Waals surface area contributed by atoms with Crippen LogP contribution in [-0.2, 0) is 13.0 Å². The highest BCUT2D eigenvalue weighted by molar-refractivity contribution is 5.76. The van der Waals surface area contributed by atoms with Gasteiger partial charge in [-0.3, -0.25) is 0 Å². The van der Waals surface area contributed by atoms with Gasteiger partial charge in [-0.15, -0.1) is 0 Å². The first-order chi connectivity index (χ1) is 9.38. The van der Waals surface area contributed by atoms with E-state index >= 15 is 0 Å². The Morgan fingerprint density at radius 3 is 2.74 bits per heavy atom. The summed E-state index contributed by atoms with van der Waals surface area (Å²) in [6, 6.07) is 15.7. The molecule has 0 atom stereocenters. The quantitative estimate of drug-likeness (QED) is 0.672. The molecule has 1 aliphatic rings. The van der Waals surface area contributed by atoms with Crippen LogP contribution in [0.15, 0.2) is 42.5 Å². The molecule has 1 aliphatic carbocycles. The number of rotatable bonds is 5. The number of hydrogen-bond acceptors (Lipinski definition) is 1. The second kappa shape index (κ2) is 5.58. The SMILES string of the molecule is CCCCNCc1ccc2c(c1)Cc1ccccc1-2. The molecule has 0 heterocycles. The van der Waals surface area contributed by atoms with Crippen molar-refractivity contribution < 1.29 is 0 Å². The van der Waals surface area contributed by atoms with Crippen LogP contribution in [-0.4, -0.2) is 6.54 Å². The Hall–Kier alpha value is -1.60. The van der Waals surface area contributed by atoms with Crippen LogP contribution in [0.25, 0.3) is 11.1 Å². The van der Waals surface area contributed by atoms with E-state index in [9.17, 15) is 0 Å². The maximum absolute atomic E-state index is 3.51. The molecule has 2 aromatic carbocycles. The molecule has 0 saturated carbocycles. The van der Waals surface area contributed by atoms with Crippen molar-refractivity contribution in [3.63, 3.8) is 0 Å². The average Bonchev–Trinajstić information content (AvgIpc) is 2.81. The minimum absolute atomic E-state index is 0.990. The molecule has 1 nitrogen and oxygen atoms in total. The Balaban J connectivity index is 1.74. The highest BCUT2D eigenvalue weighted by Crippen LogP contribution is 2.36. The van der Waals surface area contributed by atoms with Gasteiger partial charge in [-0.1, -0.05) is 55.8 Å². The Morgan fingerprint density at radius 1 is 1.00 bits per heavy atom. The van der Waals surface area contributed by atoms with Gasteiger partial charge in [0.05, 0.1) is 0 Å². The van der Waals surface area contributed by atoms with E-state index in [4.69, 9.17) is 0 Å². The van der Waals surface area contributed by atoms with E-state index in [0.29, 0.717) is 0 Å². The molecule has 0 spiro atoms. The largest absolute Gasteiger partial charge is 0.313 e. The van der Waals surface area contributed by atoms with Crippen LogP contribution < -0.4 is 5.32 Å². The van der Waals surface area contributed by atoms with Crippen molar-refractivity contribution in [2.75, 3.05) is 6.54 Å². The zero-order valence-corrected chi connectivity index (χ0v) is 11.6. The Kier molecular flexibility index (Phi) is 3.65. The fraction of sp³-hybridized carbons (Fsp3) is 0.333. The van der Waals surface area contributed by atoms with Crippen LogP contribution in [0.5, 0.6) is 0 Å². The maximum atomic E-state index is 3.51. The molecule has 0 unspecified atom stereocenters. The van der Waals surface area contributed by atoms with Crippen molar-refractivity contribution in [2.24, 2.45) is 0 Å². The van der Waals surface area contributed by atoms with Crippen molar-refractivity contribution in [2.45, 2.75) is 32.7 Å². The van der Waals surface area contributed by atoms with Gasteiger partial charge in [0.1, 0.15) is 0 Å². The van der Waals surface area contributed by atoms with Crippen LogP contribution >= 0.6 is 0 Å². The summed E-state index contributed by atoms with van der Waals surface area (Å²) in [5, 5.41) is 3.51. The van der Waals surface area contributed by atoms with Gasteiger partial charge in [-0.25, -0.2) is 0 Å². The third-order valence-electron chi connectivity index (χ3n) is 3.89. The van der Waals surface area contributed by atoms with Gasteiger partial charge in [0.25, 0.3) is 0 Å². The average molecular weight is 251 g/mol. The molecule has 1 heteroatoms. The minimum Gasteiger partial charge on any atom is -0.313 e.